The molecule has 38 heavy (non-hydrogen) atoms. The normalized spacial score (nSPS) is 14.5. The third-order valence-corrected chi connectivity index (χ3v) is 7.50. The highest BCUT2D eigenvalue weighted by Gasteiger charge is 2.36. The minimum Gasteiger partial charge on any atom is -0.308 e. The second-order valence-corrected chi connectivity index (χ2v) is 10.1. The monoisotopic (exact) mass is 501 g/mol. The van der Waals surface area contributed by atoms with E-state index in [0.29, 0.717) is 6.54 Å². The van der Waals surface area contributed by atoms with Crippen LogP contribution in [0.25, 0.3) is 11.5 Å². The van der Waals surface area contributed by atoms with Crippen molar-refractivity contribution in [1.29, 1.82) is 0 Å². The molecule has 2 amide bonds. The summed E-state index contributed by atoms with van der Waals surface area (Å²) in [6, 6.07) is 28.4. The van der Waals surface area contributed by atoms with Crippen molar-refractivity contribution in [2.24, 2.45) is 0 Å². The summed E-state index contributed by atoms with van der Waals surface area (Å²) in [6.07, 6.45) is 2.07. The van der Waals surface area contributed by atoms with Gasteiger partial charge in [-0.1, -0.05) is 54.1 Å². The van der Waals surface area contributed by atoms with Gasteiger partial charge in [0.2, 0.25) is 0 Å². The lowest BCUT2D eigenvalue weighted by atomic mass is 10.0. The Balaban J connectivity index is 1.52. The van der Waals surface area contributed by atoms with Crippen LogP contribution < -0.4 is 5.32 Å². The quantitative estimate of drug-likeness (QED) is 0.288. The minimum absolute atomic E-state index is 0.147. The molecule has 0 saturated carbocycles. The van der Waals surface area contributed by atoms with E-state index in [2.05, 4.69) is 79.3 Å². The van der Waals surface area contributed by atoms with E-state index in [1.54, 1.807) is 0 Å². The molecule has 0 aliphatic carbocycles. The van der Waals surface area contributed by atoms with Crippen molar-refractivity contribution in [1.82, 2.24) is 19.2 Å². The number of carbonyl (C=O) groups is 1. The predicted octanol–water partition coefficient (Wildman–Crippen LogP) is 7.03. The van der Waals surface area contributed by atoms with Crippen molar-refractivity contribution in [3.63, 3.8) is 0 Å². The highest BCUT2D eigenvalue weighted by atomic mass is 16.2. The number of benzene rings is 3. The summed E-state index contributed by atoms with van der Waals surface area (Å²) < 4.78 is 4.18. The maximum Gasteiger partial charge on any atom is 0.322 e. The number of rotatable bonds is 3. The highest BCUT2D eigenvalue weighted by Crippen LogP contribution is 2.38. The number of urea groups is 1. The van der Waals surface area contributed by atoms with Gasteiger partial charge in [0.1, 0.15) is 5.82 Å². The van der Waals surface area contributed by atoms with Crippen LogP contribution in [-0.2, 0) is 6.54 Å². The van der Waals surface area contributed by atoms with Crippen molar-refractivity contribution in [2.45, 2.75) is 40.3 Å². The zero-order valence-corrected chi connectivity index (χ0v) is 22.1. The topological polar surface area (TPSA) is 55.1 Å². The van der Waals surface area contributed by atoms with Crippen molar-refractivity contribution in [3.05, 3.63) is 130 Å². The number of para-hydroxylation sites is 1. The van der Waals surface area contributed by atoms with Crippen molar-refractivity contribution < 1.29 is 4.79 Å². The van der Waals surface area contributed by atoms with E-state index in [4.69, 9.17) is 5.10 Å². The van der Waals surface area contributed by atoms with Crippen LogP contribution in [0.15, 0.2) is 91.1 Å². The lowest BCUT2D eigenvalue weighted by Crippen LogP contribution is -2.38. The molecular formula is C32H31N5O. The molecule has 0 spiro atoms. The molecule has 0 unspecified atom stereocenters. The molecule has 0 fully saturated rings. The predicted molar refractivity (Wildman–Crippen MR) is 151 cm³/mol. The average Bonchev–Trinajstić information content (AvgIpc) is 3.48. The smallest absolute Gasteiger partial charge is 0.308 e. The van der Waals surface area contributed by atoms with E-state index in [9.17, 15) is 4.79 Å². The lowest BCUT2D eigenvalue weighted by Gasteiger charge is -2.31. The summed E-state index contributed by atoms with van der Waals surface area (Å²) in [4.78, 5) is 16.0. The fraction of sp³-hybridized carbons (Fsp3) is 0.188. The van der Waals surface area contributed by atoms with E-state index in [1.165, 1.54) is 11.1 Å². The Hall–Kier alpha value is -4.58. The molecule has 0 saturated heterocycles. The largest absolute Gasteiger partial charge is 0.322 e. The number of anilines is 1. The van der Waals surface area contributed by atoms with Crippen LogP contribution in [0.2, 0.25) is 0 Å². The molecule has 6 nitrogen and oxygen atoms in total. The molecule has 0 radical (unpaired) electrons. The summed E-state index contributed by atoms with van der Waals surface area (Å²) in [5.74, 6) is 0.965. The van der Waals surface area contributed by atoms with Crippen LogP contribution >= 0.6 is 0 Å². The first-order chi connectivity index (χ1) is 18.4. The summed E-state index contributed by atoms with van der Waals surface area (Å²) >= 11 is 0. The number of nitrogens with zero attached hydrogens (tertiary/aromatic N) is 4. The molecule has 3 aromatic carbocycles. The molecule has 1 aliphatic rings. The van der Waals surface area contributed by atoms with Gasteiger partial charge in [-0.2, -0.15) is 5.10 Å². The fourth-order valence-electron chi connectivity index (χ4n) is 5.26. The molecule has 6 heteroatoms. The third kappa shape index (κ3) is 4.08. The molecule has 5 aromatic rings. The average molecular weight is 502 g/mol. The van der Waals surface area contributed by atoms with Gasteiger partial charge >= 0.3 is 6.03 Å². The van der Waals surface area contributed by atoms with Crippen LogP contribution in [0.3, 0.4) is 0 Å². The first-order valence-corrected chi connectivity index (χ1v) is 12.9. The summed E-state index contributed by atoms with van der Waals surface area (Å²) in [6.45, 7) is 8.66. The van der Waals surface area contributed by atoms with Crippen LogP contribution in [0.5, 0.6) is 0 Å². The first-order valence-electron chi connectivity index (χ1n) is 12.9. The molecule has 6 rings (SSSR count). The van der Waals surface area contributed by atoms with Crippen molar-refractivity contribution in [3.8, 4) is 11.5 Å². The van der Waals surface area contributed by atoms with E-state index in [-0.39, 0.29) is 12.1 Å². The van der Waals surface area contributed by atoms with Gasteiger partial charge in [0, 0.05) is 17.4 Å². The van der Waals surface area contributed by atoms with Gasteiger partial charge in [-0.15, -0.1) is 0 Å². The van der Waals surface area contributed by atoms with E-state index in [1.807, 2.05) is 59.0 Å². The van der Waals surface area contributed by atoms with Crippen LogP contribution in [0, 0.1) is 27.7 Å². The summed E-state index contributed by atoms with van der Waals surface area (Å²) in [7, 11) is 0. The Bertz CT molecular complexity index is 1630. The number of aromatic nitrogens is 3. The maximum atomic E-state index is 14.1. The zero-order chi connectivity index (χ0) is 26.4. The highest BCUT2D eigenvalue weighted by molar-refractivity contribution is 5.90. The Morgan fingerprint density at radius 2 is 1.63 bits per heavy atom. The van der Waals surface area contributed by atoms with Gasteiger partial charge in [-0.25, -0.2) is 9.48 Å². The van der Waals surface area contributed by atoms with Gasteiger partial charge in [0.05, 0.1) is 29.7 Å². The Morgan fingerprint density at radius 3 is 2.37 bits per heavy atom. The third-order valence-electron chi connectivity index (χ3n) is 7.50. The van der Waals surface area contributed by atoms with Crippen LogP contribution in [0.1, 0.15) is 45.2 Å². The van der Waals surface area contributed by atoms with Gasteiger partial charge in [-0.3, -0.25) is 0 Å². The molecule has 1 N–H and O–H groups in total. The molecule has 190 valence electrons. The van der Waals surface area contributed by atoms with Gasteiger partial charge in [0.25, 0.3) is 0 Å². The van der Waals surface area contributed by atoms with E-state index >= 15 is 0 Å². The first kappa shape index (κ1) is 23.8. The van der Waals surface area contributed by atoms with Crippen molar-refractivity contribution in [2.75, 3.05) is 5.32 Å². The van der Waals surface area contributed by atoms with Crippen LogP contribution in [-0.4, -0.2) is 25.3 Å². The summed E-state index contributed by atoms with van der Waals surface area (Å²) in [5, 5.41) is 8.11. The zero-order valence-electron chi connectivity index (χ0n) is 22.1. The van der Waals surface area contributed by atoms with Crippen LogP contribution in [0.4, 0.5) is 10.5 Å². The molecule has 2 aromatic heterocycles. The van der Waals surface area contributed by atoms with E-state index < -0.39 is 0 Å². The van der Waals surface area contributed by atoms with Gasteiger partial charge in [-0.05, 0) is 80.8 Å². The SMILES string of the molecule is Cc1ccc([C@H]2c3cccn3-c3c(c(C)nn3-c3ccccc3)CN2C(=O)Nc2ccc(C)c(C)c2)cc1. The molecule has 3 heterocycles. The second-order valence-electron chi connectivity index (χ2n) is 10.1. The number of hydrogen-bond donors (Lipinski definition) is 1. The van der Waals surface area contributed by atoms with Gasteiger partial charge in [0.15, 0.2) is 0 Å². The molecule has 1 atom stereocenters. The molecular weight excluding hydrogens is 470 g/mol. The number of amides is 2. The van der Waals surface area contributed by atoms with Gasteiger partial charge < -0.3 is 14.8 Å². The Morgan fingerprint density at radius 1 is 0.868 bits per heavy atom. The number of carbonyl (C=O) groups excluding carboxylic acids is 1. The molecule has 0 bridgehead atoms. The Kier molecular flexibility index (Phi) is 5.87. The lowest BCUT2D eigenvalue weighted by molar-refractivity contribution is 0.194. The molecule has 1 aliphatic heterocycles. The van der Waals surface area contributed by atoms with Crippen molar-refractivity contribution >= 4 is 11.7 Å². The fourth-order valence-corrected chi connectivity index (χ4v) is 5.26. The Labute approximate surface area is 223 Å². The number of aryl methyl sites for hydroxylation is 4. The number of fused-ring (bicyclic) bond motifs is 3. The maximum absolute atomic E-state index is 14.1. The van der Waals surface area contributed by atoms with E-state index in [0.717, 1.165) is 45.3 Å². The number of hydrogen-bond acceptors (Lipinski definition) is 2. The summed E-state index contributed by atoms with van der Waals surface area (Å²) in [5.41, 5.74) is 9.30. The standard InChI is InChI=1S/C32H31N5O/c1-21-12-15-25(16-13-21)30-29-11-8-18-35(29)31-28(24(4)34-37(31)27-9-6-5-7-10-27)20-36(30)32(38)33-26-17-14-22(2)23(3)19-26/h5-19,30H,20H2,1-4H3,(H,33,38)/t30-/m0/s1. The minimum atomic E-state index is -0.284. The second kappa shape index (κ2) is 9.38. The number of nitrogens with one attached hydrogen (secondary N) is 1.